The van der Waals surface area contributed by atoms with Crippen molar-refractivity contribution in [1.82, 2.24) is 14.8 Å². The molecule has 104 valence electrons. The topological polar surface area (TPSA) is 59.8 Å². The van der Waals surface area contributed by atoms with Gasteiger partial charge in [-0.3, -0.25) is 10.1 Å². The molecule has 5 heteroatoms. The molecule has 1 aromatic rings. The molecule has 0 spiro atoms. The van der Waals surface area contributed by atoms with Crippen LogP contribution in [0.1, 0.15) is 44.9 Å². The van der Waals surface area contributed by atoms with Crippen LogP contribution in [0.15, 0.2) is 0 Å². The summed E-state index contributed by atoms with van der Waals surface area (Å²) in [6.45, 7) is 4.57. The Bertz CT molecular complexity index is 482. The lowest BCUT2D eigenvalue weighted by Gasteiger charge is -2.20. The first-order valence-electron chi connectivity index (χ1n) is 7.37. The quantitative estimate of drug-likeness (QED) is 0.906. The Hall–Kier alpha value is -1.39. The monoisotopic (exact) mass is 262 g/mol. The molecule has 1 aromatic heterocycles. The summed E-state index contributed by atoms with van der Waals surface area (Å²) >= 11 is 0. The van der Waals surface area contributed by atoms with Crippen molar-refractivity contribution in [2.45, 2.75) is 52.5 Å². The van der Waals surface area contributed by atoms with Gasteiger partial charge in [0, 0.05) is 13.0 Å². The van der Waals surface area contributed by atoms with Crippen molar-refractivity contribution in [3.63, 3.8) is 0 Å². The van der Waals surface area contributed by atoms with Gasteiger partial charge in [-0.1, -0.05) is 6.42 Å². The number of nitrogens with zero attached hydrogens (tertiary/aromatic N) is 3. The molecule has 2 saturated carbocycles. The third kappa shape index (κ3) is 2.51. The Labute approximate surface area is 113 Å². The summed E-state index contributed by atoms with van der Waals surface area (Å²) in [5, 5.41) is 7.16. The molecular weight excluding hydrogens is 240 g/mol. The van der Waals surface area contributed by atoms with Gasteiger partial charge in [0.15, 0.2) is 0 Å². The molecule has 2 bridgehead atoms. The molecule has 5 nitrogen and oxygen atoms in total. The summed E-state index contributed by atoms with van der Waals surface area (Å²) in [6.07, 6.45) is 5.95. The lowest BCUT2D eigenvalue weighted by atomic mass is 9.86. The molecule has 0 radical (unpaired) electrons. The molecule has 2 aliphatic carbocycles. The molecular formula is C14H22N4O. The number of carbonyl (C=O) groups excluding carboxylic acids is 1. The number of carbonyl (C=O) groups is 1. The Balaban J connectivity index is 1.59. The highest BCUT2D eigenvalue weighted by Gasteiger charge is 2.40. The lowest BCUT2D eigenvalue weighted by Crippen LogP contribution is -2.22. The van der Waals surface area contributed by atoms with Crippen LogP contribution in [0.4, 0.5) is 5.95 Å². The van der Waals surface area contributed by atoms with Crippen molar-refractivity contribution in [2.24, 2.45) is 17.8 Å². The van der Waals surface area contributed by atoms with Gasteiger partial charge in [0.25, 0.3) is 0 Å². The summed E-state index contributed by atoms with van der Waals surface area (Å²) in [5.74, 6) is 3.67. The van der Waals surface area contributed by atoms with Gasteiger partial charge in [-0.25, -0.2) is 4.68 Å². The van der Waals surface area contributed by atoms with E-state index in [1.165, 1.54) is 25.7 Å². The molecule has 1 heterocycles. The Kier molecular flexibility index (Phi) is 3.29. The second kappa shape index (κ2) is 4.94. The number of fused-ring (bicyclic) bond motifs is 2. The van der Waals surface area contributed by atoms with Crippen LogP contribution in [0.2, 0.25) is 0 Å². The first-order valence-corrected chi connectivity index (χ1v) is 7.37. The maximum Gasteiger partial charge on any atom is 0.228 e. The minimum Gasteiger partial charge on any atom is -0.295 e. The van der Waals surface area contributed by atoms with Gasteiger partial charge in [-0.05, 0) is 50.9 Å². The molecule has 0 saturated heterocycles. The van der Waals surface area contributed by atoms with Crippen molar-refractivity contribution >= 4 is 11.9 Å². The van der Waals surface area contributed by atoms with Gasteiger partial charge in [0.05, 0.1) is 0 Å². The zero-order valence-corrected chi connectivity index (χ0v) is 11.7. The number of hydrogen-bond donors (Lipinski definition) is 1. The van der Waals surface area contributed by atoms with E-state index >= 15 is 0 Å². The summed E-state index contributed by atoms with van der Waals surface area (Å²) in [6, 6.07) is 0. The predicted octanol–water partition coefficient (Wildman–Crippen LogP) is 2.37. The fourth-order valence-electron chi connectivity index (χ4n) is 3.81. The smallest absolute Gasteiger partial charge is 0.228 e. The van der Waals surface area contributed by atoms with E-state index in [1.807, 2.05) is 13.8 Å². The van der Waals surface area contributed by atoms with E-state index in [0.717, 1.165) is 18.4 Å². The van der Waals surface area contributed by atoms with E-state index in [9.17, 15) is 4.79 Å². The number of anilines is 1. The highest BCUT2D eigenvalue weighted by molar-refractivity contribution is 5.89. The molecule has 2 fully saturated rings. The average Bonchev–Trinajstić information content (AvgIpc) is 3.04. The maximum absolute atomic E-state index is 12.1. The van der Waals surface area contributed by atoms with Crippen molar-refractivity contribution in [1.29, 1.82) is 0 Å². The van der Waals surface area contributed by atoms with Gasteiger partial charge < -0.3 is 0 Å². The third-order valence-corrected chi connectivity index (χ3v) is 4.66. The van der Waals surface area contributed by atoms with Gasteiger partial charge in [-0.2, -0.15) is 10.1 Å². The van der Waals surface area contributed by atoms with E-state index in [2.05, 4.69) is 15.4 Å². The second-order valence-electron chi connectivity index (χ2n) is 5.99. The van der Waals surface area contributed by atoms with E-state index < -0.39 is 0 Å². The SMILES string of the molecule is CCn1nc(C)nc1NC(=O)C[C@H]1C[C@H]2CC[C@H]1C2. The number of hydrogen-bond acceptors (Lipinski definition) is 3. The minimum atomic E-state index is 0.0969. The zero-order chi connectivity index (χ0) is 13.4. The molecule has 2 aliphatic rings. The lowest BCUT2D eigenvalue weighted by molar-refractivity contribution is -0.117. The maximum atomic E-state index is 12.1. The normalized spacial score (nSPS) is 28.8. The molecule has 0 aromatic carbocycles. The number of aryl methyl sites for hydroxylation is 2. The van der Waals surface area contributed by atoms with E-state index in [1.54, 1.807) is 4.68 Å². The van der Waals surface area contributed by atoms with Crippen LogP contribution in [-0.4, -0.2) is 20.7 Å². The van der Waals surface area contributed by atoms with Gasteiger partial charge in [0.1, 0.15) is 5.82 Å². The van der Waals surface area contributed by atoms with Crippen molar-refractivity contribution in [3.05, 3.63) is 5.82 Å². The van der Waals surface area contributed by atoms with E-state index in [-0.39, 0.29) is 5.91 Å². The van der Waals surface area contributed by atoms with Gasteiger partial charge in [0.2, 0.25) is 11.9 Å². The average molecular weight is 262 g/mol. The number of nitrogens with one attached hydrogen (secondary N) is 1. The summed E-state index contributed by atoms with van der Waals surface area (Å²) in [5.41, 5.74) is 0. The summed E-state index contributed by atoms with van der Waals surface area (Å²) in [7, 11) is 0. The van der Waals surface area contributed by atoms with Crippen LogP contribution in [0.5, 0.6) is 0 Å². The Morgan fingerprint density at radius 1 is 1.42 bits per heavy atom. The first kappa shape index (κ1) is 12.6. The van der Waals surface area contributed by atoms with Crippen LogP contribution in [0.25, 0.3) is 0 Å². The van der Waals surface area contributed by atoms with Gasteiger partial charge in [-0.15, -0.1) is 0 Å². The molecule has 0 unspecified atom stereocenters. The number of aromatic nitrogens is 3. The summed E-state index contributed by atoms with van der Waals surface area (Å²) in [4.78, 5) is 16.4. The van der Waals surface area contributed by atoms with E-state index in [0.29, 0.717) is 24.1 Å². The first-order chi connectivity index (χ1) is 9.15. The van der Waals surface area contributed by atoms with Crippen LogP contribution in [0, 0.1) is 24.7 Å². The van der Waals surface area contributed by atoms with Crippen LogP contribution in [-0.2, 0) is 11.3 Å². The fraction of sp³-hybridized carbons (Fsp3) is 0.786. The van der Waals surface area contributed by atoms with Crippen molar-refractivity contribution in [3.8, 4) is 0 Å². The molecule has 0 aliphatic heterocycles. The predicted molar refractivity (Wildman–Crippen MR) is 72.6 cm³/mol. The number of amides is 1. The fourth-order valence-corrected chi connectivity index (χ4v) is 3.81. The molecule has 3 atom stereocenters. The van der Waals surface area contributed by atoms with Crippen molar-refractivity contribution < 1.29 is 4.79 Å². The largest absolute Gasteiger partial charge is 0.295 e. The minimum absolute atomic E-state index is 0.0969. The number of rotatable bonds is 4. The molecule has 3 rings (SSSR count). The Morgan fingerprint density at radius 2 is 2.26 bits per heavy atom. The summed E-state index contributed by atoms with van der Waals surface area (Å²) < 4.78 is 1.74. The Morgan fingerprint density at radius 3 is 2.89 bits per heavy atom. The molecule has 1 amide bonds. The highest BCUT2D eigenvalue weighted by Crippen LogP contribution is 2.49. The van der Waals surface area contributed by atoms with Crippen LogP contribution >= 0.6 is 0 Å². The van der Waals surface area contributed by atoms with Crippen LogP contribution < -0.4 is 5.32 Å². The standard InChI is InChI=1S/C14H22N4O/c1-3-18-14(15-9(2)17-18)16-13(19)8-12-7-10-4-5-11(12)6-10/h10-12H,3-8H2,1-2H3,(H,15,16,17,19)/t10-,11-,12+/m0/s1. The zero-order valence-electron chi connectivity index (χ0n) is 11.7. The molecule has 1 N–H and O–H groups in total. The molecule has 19 heavy (non-hydrogen) atoms. The van der Waals surface area contributed by atoms with Crippen molar-refractivity contribution in [2.75, 3.05) is 5.32 Å². The second-order valence-corrected chi connectivity index (χ2v) is 5.99. The van der Waals surface area contributed by atoms with E-state index in [4.69, 9.17) is 0 Å². The highest BCUT2D eigenvalue weighted by atomic mass is 16.1. The van der Waals surface area contributed by atoms with Crippen LogP contribution in [0.3, 0.4) is 0 Å². The third-order valence-electron chi connectivity index (χ3n) is 4.66. The van der Waals surface area contributed by atoms with Gasteiger partial charge >= 0.3 is 0 Å².